The van der Waals surface area contributed by atoms with Gasteiger partial charge in [0, 0.05) is 26.2 Å². The number of carbonyl (C=O) groups is 1. The van der Waals surface area contributed by atoms with Gasteiger partial charge in [0.1, 0.15) is 0 Å². The summed E-state index contributed by atoms with van der Waals surface area (Å²) < 4.78 is 0. The van der Waals surface area contributed by atoms with Crippen LogP contribution in [-0.2, 0) is 0 Å². The van der Waals surface area contributed by atoms with Gasteiger partial charge in [0.2, 0.25) is 0 Å². The van der Waals surface area contributed by atoms with Crippen LogP contribution in [0.5, 0.6) is 0 Å². The van der Waals surface area contributed by atoms with E-state index >= 15 is 0 Å². The number of urea groups is 1. The largest absolute Gasteiger partial charge is 0.341 e. The maximum absolute atomic E-state index is 11.3. The number of carbonyl (C=O) groups excluding carboxylic acids is 1. The van der Waals surface area contributed by atoms with E-state index < -0.39 is 0 Å². The summed E-state index contributed by atoms with van der Waals surface area (Å²) in [4.78, 5) is 13.2. The van der Waals surface area contributed by atoms with Crippen molar-refractivity contribution in [2.45, 2.75) is 18.9 Å². The average Bonchev–Trinajstić information content (AvgIpc) is 2.52. The van der Waals surface area contributed by atoms with Crippen molar-refractivity contribution in [3.63, 3.8) is 0 Å². The van der Waals surface area contributed by atoms with Crippen molar-refractivity contribution in [3.05, 3.63) is 0 Å². The highest BCUT2D eigenvalue weighted by Gasteiger charge is 2.26. The van der Waals surface area contributed by atoms with Gasteiger partial charge in [-0.3, -0.25) is 0 Å². The Morgan fingerprint density at radius 1 is 1.58 bits per heavy atom. The molecule has 1 saturated heterocycles. The Bertz CT molecular complexity index is 160. The predicted molar refractivity (Wildman–Crippen MR) is 48.1 cm³/mol. The molecule has 0 bridgehead atoms. The molecule has 1 fully saturated rings. The van der Waals surface area contributed by atoms with Crippen LogP contribution in [-0.4, -0.2) is 44.2 Å². The first-order valence-corrected chi connectivity index (χ1v) is 4.42. The molecule has 4 nitrogen and oxygen atoms in total. The Morgan fingerprint density at radius 3 is 2.92 bits per heavy atom. The summed E-state index contributed by atoms with van der Waals surface area (Å²) in [6.45, 7) is 1.79. The number of hydrogen-bond acceptors (Lipinski definition) is 2. The Kier molecular flexibility index (Phi) is 3.34. The molecule has 2 amide bonds. The van der Waals surface area contributed by atoms with Crippen LogP contribution in [0.25, 0.3) is 0 Å². The minimum atomic E-state index is 0.0488. The molecule has 0 radical (unpaired) electrons. The molecule has 0 aromatic carbocycles. The Hall–Kier alpha value is -0.770. The van der Waals surface area contributed by atoms with Crippen LogP contribution in [0, 0.1) is 0 Å². The standard InChI is InChI=1S/C8H17N3O/c1-9-6-7-4-3-5-11(7)8(12)10-2/h7,9H,3-6H2,1-2H3,(H,10,12). The monoisotopic (exact) mass is 171 g/mol. The molecule has 1 atom stereocenters. The molecule has 0 aromatic rings. The van der Waals surface area contributed by atoms with Crippen molar-refractivity contribution >= 4 is 6.03 Å². The second-order valence-corrected chi connectivity index (χ2v) is 3.10. The van der Waals surface area contributed by atoms with E-state index in [4.69, 9.17) is 0 Å². The lowest BCUT2D eigenvalue weighted by atomic mass is 10.2. The van der Waals surface area contributed by atoms with Crippen molar-refractivity contribution in [3.8, 4) is 0 Å². The smallest absolute Gasteiger partial charge is 0.317 e. The summed E-state index contributed by atoms with van der Waals surface area (Å²) in [6.07, 6.45) is 2.24. The van der Waals surface area contributed by atoms with Gasteiger partial charge in [-0.25, -0.2) is 4.79 Å². The fourth-order valence-corrected chi connectivity index (χ4v) is 1.69. The highest BCUT2D eigenvalue weighted by molar-refractivity contribution is 5.74. The van der Waals surface area contributed by atoms with Crippen molar-refractivity contribution in [1.29, 1.82) is 0 Å². The van der Waals surface area contributed by atoms with Crippen LogP contribution in [0.4, 0.5) is 4.79 Å². The first kappa shape index (κ1) is 9.32. The summed E-state index contributed by atoms with van der Waals surface area (Å²) in [5, 5.41) is 5.75. The van der Waals surface area contributed by atoms with E-state index in [-0.39, 0.29) is 6.03 Å². The van der Waals surface area contributed by atoms with Crippen molar-refractivity contribution < 1.29 is 4.79 Å². The van der Waals surface area contributed by atoms with Gasteiger partial charge < -0.3 is 15.5 Å². The number of likely N-dealkylation sites (tertiary alicyclic amines) is 1. The molecule has 1 unspecified atom stereocenters. The lowest BCUT2D eigenvalue weighted by Crippen LogP contribution is -2.44. The third-order valence-electron chi connectivity index (χ3n) is 2.29. The van der Waals surface area contributed by atoms with Gasteiger partial charge in [-0.05, 0) is 19.9 Å². The Morgan fingerprint density at radius 2 is 2.33 bits per heavy atom. The predicted octanol–water partition coefficient (Wildman–Crippen LogP) is 0.00960. The van der Waals surface area contributed by atoms with Crippen LogP contribution in [0.1, 0.15) is 12.8 Å². The first-order chi connectivity index (χ1) is 5.79. The number of nitrogens with one attached hydrogen (secondary N) is 2. The van der Waals surface area contributed by atoms with Crippen molar-refractivity contribution in [2.24, 2.45) is 0 Å². The molecule has 70 valence electrons. The fourth-order valence-electron chi connectivity index (χ4n) is 1.69. The molecule has 0 aliphatic carbocycles. The van der Waals surface area contributed by atoms with E-state index in [0.717, 1.165) is 25.9 Å². The van der Waals surface area contributed by atoms with E-state index in [9.17, 15) is 4.79 Å². The van der Waals surface area contributed by atoms with E-state index in [1.165, 1.54) is 0 Å². The lowest BCUT2D eigenvalue weighted by molar-refractivity contribution is 0.194. The van der Waals surface area contributed by atoms with Crippen LogP contribution >= 0.6 is 0 Å². The molecule has 0 saturated carbocycles. The molecule has 1 aliphatic heterocycles. The third kappa shape index (κ3) is 1.88. The highest BCUT2D eigenvalue weighted by Crippen LogP contribution is 2.15. The molecule has 2 N–H and O–H groups in total. The zero-order valence-electron chi connectivity index (χ0n) is 7.76. The molecule has 4 heteroatoms. The van der Waals surface area contributed by atoms with Crippen LogP contribution in [0.2, 0.25) is 0 Å². The molecule has 0 spiro atoms. The number of amides is 2. The van der Waals surface area contributed by atoms with E-state index in [1.54, 1.807) is 7.05 Å². The molecule has 1 rings (SSSR count). The first-order valence-electron chi connectivity index (χ1n) is 4.42. The minimum absolute atomic E-state index is 0.0488. The SMILES string of the molecule is CNCC1CCCN1C(=O)NC. The molecular weight excluding hydrogens is 154 g/mol. The Balaban J connectivity index is 2.45. The van der Waals surface area contributed by atoms with Crippen LogP contribution in [0.3, 0.4) is 0 Å². The van der Waals surface area contributed by atoms with Gasteiger partial charge in [0.15, 0.2) is 0 Å². The molecular formula is C8H17N3O. The normalized spacial score (nSPS) is 22.8. The number of hydrogen-bond donors (Lipinski definition) is 2. The second-order valence-electron chi connectivity index (χ2n) is 3.10. The highest BCUT2D eigenvalue weighted by atomic mass is 16.2. The lowest BCUT2D eigenvalue weighted by Gasteiger charge is -2.23. The zero-order valence-corrected chi connectivity index (χ0v) is 7.76. The van der Waals surface area contributed by atoms with Crippen LogP contribution in [0.15, 0.2) is 0 Å². The summed E-state index contributed by atoms with van der Waals surface area (Å²) in [5.74, 6) is 0. The van der Waals surface area contributed by atoms with Gasteiger partial charge >= 0.3 is 6.03 Å². The summed E-state index contributed by atoms with van der Waals surface area (Å²) in [5.41, 5.74) is 0. The van der Waals surface area contributed by atoms with E-state index in [0.29, 0.717) is 6.04 Å². The Labute approximate surface area is 73.3 Å². The van der Waals surface area contributed by atoms with E-state index in [1.807, 2.05) is 11.9 Å². The summed E-state index contributed by atoms with van der Waals surface area (Å²) in [7, 11) is 3.59. The van der Waals surface area contributed by atoms with Crippen molar-refractivity contribution in [2.75, 3.05) is 27.2 Å². The second kappa shape index (κ2) is 4.30. The molecule has 0 aromatic heterocycles. The third-order valence-corrected chi connectivity index (χ3v) is 2.29. The number of likely N-dealkylation sites (N-methyl/N-ethyl adjacent to an activating group) is 1. The number of rotatable bonds is 2. The maximum Gasteiger partial charge on any atom is 0.317 e. The fraction of sp³-hybridized carbons (Fsp3) is 0.875. The summed E-state index contributed by atoms with van der Waals surface area (Å²) in [6, 6.07) is 0.433. The topological polar surface area (TPSA) is 44.4 Å². The average molecular weight is 171 g/mol. The maximum atomic E-state index is 11.3. The van der Waals surface area contributed by atoms with Gasteiger partial charge in [-0.2, -0.15) is 0 Å². The van der Waals surface area contributed by atoms with Gasteiger partial charge in [0.25, 0.3) is 0 Å². The molecule has 1 heterocycles. The zero-order chi connectivity index (χ0) is 8.97. The summed E-state index contributed by atoms with van der Waals surface area (Å²) >= 11 is 0. The van der Waals surface area contributed by atoms with Crippen LogP contribution < -0.4 is 10.6 Å². The van der Waals surface area contributed by atoms with Gasteiger partial charge in [-0.1, -0.05) is 0 Å². The molecule has 1 aliphatic rings. The van der Waals surface area contributed by atoms with Gasteiger partial charge in [-0.15, -0.1) is 0 Å². The molecule has 12 heavy (non-hydrogen) atoms. The van der Waals surface area contributed by atoms with Gasteiger partial charge in [0.05, 0.1) is 0 Å². The minimum Gasteiger partial charge on any atom is -0.341 e. The number of nitrogens with zero attached hydrogens (tertiary/aromatic N) is 1. The quantitative estimate of drug-likeness (QED) is 0.614. The van der Waals surface area contributed by atoms with E-state index in [2.05, 4.69) is 10.6 Å². The van der Waals surface area contributed by atoms with Crippen molar-refractivity contribution in [1.82, 2.24) is 15.5 Å².